The zero-order chi connectivity index (χ0) is 15.4. The quantitative estimate of drug-likeness (QED) is 0.843. The van der Waals surface area contributed by atoms with Gasteiger partial charge in [-0.3, -0.25) is 9.59 Å². The molecule has 1 aromatic carbocycles. The molecule has 0 spiro atoms. The topological polar surface area (TPSA) is 64.6 Å². The molecule has 0 unspecified atom stereocenters. The minimum atomic E-state index is -0.602. The number of hydrogen-bond donors (Lipinski definition) is 1. The molecule has 0 saturated heterocycles. The monoisotopic (exact) mass is 315 g/mol. The molecule has 7 heteroatoms. The molecule has 0 aliphatic heterocycles. The Morgan fingerprint density at radius 1 is 1.43 bits per heavy atom. The Hall–Kier alpha value is -1.82. The summed E-state index contributed by atoms with van der Waals surface area (Å²) in [6, 6.07) is 3.91. The summed E-state index contributed by atoms with van der Waals surface area (Å²) in [5, 5.41) is 2.73. The third-order valence-electron chi connectivity index (χ3n) is 3.30. The first kappa shape index (κ1) is 15.6. The Morgan fingerprint density at radius 3 is 2.76 bits per heavy atom. The number of amides is 1. The first-order valence-corrected chi connectivity index (χ1v) is 6.82. The number of carbonyl (C=O) groups is 2. The Labute approximate surface area is 126 Å². The molecule has 1 fully saturated rings. The van der Waals surface area contributed by atoms with Crippen molar-refractivity contribution >= 4 is 23.5 Å². The lowest BCUT2D eigenvalue weighted by molar-refractivity contribution is -0.149. The van der Waals surface area contributed by atoms with E-state index in [9.17, 15) is 14.0 Å². The number of rotatable bonds is 5. The molecule has 0 radical (unpaired) electrons. The van der Waals surface area contributed by atoms with Crippen molar-refractivity contribution in [1.82, 2.24) is 5.32 Å². The van der Waals surface area contributed by atoms with Crippen molar-refractivity contribution in [2.24, 2.45) is 5.92 Å². The van der Waals surface area contributed by atoms with Crippen LogP contribution >= 0.6 is 11.6 Å². The van der Waals surface area contributed by atoms with Gasteiger partial charge in [-0.25, -0.2) is 4.39 Å². The largest absolute Gasteiger partial charge is 0.484 e. The highest BCUT2D eigenvalue weighted by molar-refractivity contribution is 6.30. The van der Waals surface area contributed by atoms with Gasteiger partial charge in [0.2, 0.25) is 0 Å². The highest BCUT2D eigenvalue weighted by Crippen LogP contribution is 2.28. The van der Waals surface area contributed by atoms with Gasteiger partial charge in [-0.15, -0.1) is 0 Å². The highest BCUT2D eigenvalue weighted by atomic mass is 35.5. The van der Waals surface area contributed by atoms with Crippen molar-refractivity contribution in [2.45, 2.75) is 18.9 Å². The minimum Gasteiger partial charge on any atom is -0.484 e. The Morgan fingerprint density at radius 2 is 2.14 bits per heavy atom. The first-order valence-electron chi connectivity index (χ1n) is 6.44. The van der Waals surface area contributed by atoms with Crippen LogP contribution in [0.5, 0.6) is 5.75 Å². The van der Waals surface area contributed by atoms with Gasteiger partial charge in [-0.2, -0.15) is 0 Å². The fraction of sp³-hybridized carbons (Fsp3) is 0.429. The molecule has 0 bridgehead atoms. The SMILES string of the molecule is COC(=O)C1CC(NC(=O)COc2ccc(Cl)c(F)c2)C1. The van der Waals surface area contributed by atoms with Crippen molar-refractivity contribution < 1.29 is 23.5 Å². The van der Waals surface area contributed by atoms with E-state index in [0.29, 0.717) is 12.8 Å². The van der Waals surface area contributed by atoms with Crippen LogP contribution in [0.4, 0.5) is 4.39 Å². The molecule has 2 rings (SSSR count). The van der Waals surface area contributed by atoms with Crippen LogP contribution in [0.15, 0.2) is 18.2 Å². The maximum absolute atomic E-state index is 13.2. The normalized spacial score (nSPS) is 20.3. The van der Waals surface area contributed by atoms with Crippen molar-refractivity contribution in [3.8, 4) is 5.75 Å². The number of nitrogens with one attached hydrogen (secondary N) is 1. The number of methoxy groups -OCH3 is 1. The van der Waals surface area contributed by atoms with E-state index in [2.05, 4.69) is 10.1 Å². The van der Waals surface area contributed by atoms with Crippen LogP contribution in [0.1, 0.15) is 12.8 Å². The van der Waals surface area contributed by atoms with Gasteiger partial charge < -0.3 is 14.8 Å². The van der Waals surface area contributed by atoms with Crippen LogP contribution in [0, 0.1) is 11.7 Å². The van der Waals surface area contributed by atoms with Crippen LogP contribution in [0.3, 0.4) is 0 Å². The van der Waals surface area contributed by atoms with Gasteiger partial charge in [-0.1, -0.05) is 11.6 Å². The second kappa shape index (κ2) is 6.76. The van der Waals surface area contributed by atoms with Crippen LogP contribution in [-0.2, 0) is 14.3 Å². The Balaban J connectivity index is 1.71. The summed E-state index contributed by atoms with van der Waals surface area (Å²) in [5.41, 5.74) is 0. The first-order chi connectivity index (χ1) is 9.99. The number of carbonyl (C=O) groups excluding carboxylic acids is 2. The smallest absolute Gasteiger partial charge is 0.308 e. The summed E-state index contributed by atoms with van der Waals surface area (Å²) in [7, 11) is 1.34. The third kappa shape index (κ3) is 4.07. The highest BCUT2D eigenvalue weighted by Gasteiger charge is 2.36. The lowest BCUT2D eigenvalue weighted by Gasteiger charge is -2.33. The van der Waals surface area contributed by atoms with Crippen molar-refractivity contribution in [3.05, 3.63) is 29.0 Å². The molecular formula is C14H15ClFNO4. The second-order valence-corrected chi connectivity index (χ2v) is 5.23. The van der Waals surface area contributed by atoms with E-state index in [4.69, 9.17) is 16.3 Å². The number of benzene rings is 1. The van der Waals surface area contributed by atoms with E-state index in [1.165, 1.54) is 19.2 Å². The maximum Gasteiger partial charge on any atom is 0.308 e. The van der Waals surface area contributed by atoms with Gasteiger partial charge in [0.1, 0.15) is 11.6 Å². The summed E-state index contributed by atoms with van der Waals surface area (Å²) in [5.74, 6) is -1.10. The second-order valence-electron chi connectivity index (χ2n) is 4.82. The fourth-order valence-corrected chi connectivity index (χ4v) is 2.20. The minimum absolute atomic E-state index is 0.00452. The molecule has 1 N–H and O–H groups in total. The Kier molecular flexibility index (Phi) is 5.01. The van der Waals surface area contributed by atoms with Crippen LogP contribution in [0.2, 0.25) is 5.02 Å². The van der Waals surface area contributed by atoms with Crippen molar-refractivity contribution in [1.29, 1.82) is 0 Å². The molecular weight excluding hydrogens is 301 g/mol. The molecule has 1 aromatic rings. The fourth-order valence-electron chi connectivity index (χ4n) is 2.08. The van der Waals surface area contributed by atoms with Crippen LogP contribution in [0.25, 0.3) is 0 Å². The number of esters is 1. The predicted octanol–water partition coefficient (Wildman–Crippen LogP) is 1.93. The molecule has 1 aliphatic carbocycles. The summed E-state index contributed by atoms with van der Waals surface area (Å²) in [6.07, 6.45) is 1.13. The van der Waals surface area contributed by atoms with E-state index in [0.717, 1.165) is 6.07 Å². The number of hydrogen-bond acceptors (Lipinski definition) is 4. The van der Waals surface area contributed by atoms with E-state index in [1.54, 1.807) is 0 Å². The summed E-state index contributed by atoms with van der Waals surface area (Å²) >= 11 is 5.54. The summed E-state index contributed by atoms with van der Waals surface area (Å²) in [4.78, 5) is 22.8. The molecule has 1 aliphatic rings. The van der Waals surface area contributed by atoms with E-state index in [-0.39, 0.29) is 41.2 Å². The van der Waals surface area contributed by atoms with Crippen LogP contribution in [-0.4, -0.2) is 31.6 Å². The van der Waals surface area contributed by atoms with E-state index < -0.39 is 5.82 Å². The number of ether oxygens (including phenoxy) is 2. The lowest BCUT2D eigenvalue weighted by Crippen LogP contribution is -2.48. The van der Waals surface area contributed by atoms with Gasteiger partial charge in [0.05, 0.1) is 18.1 Å². The number of halogens is 2. The van der Waals surface area contributed by atoms with Gasteiger partial charge in [0.15, 0.2) is 6.61 Å². The van der Waals surface area contributed by atoms with Gasteiger partial charge >= 0.3 is 5.97 Å². The average Bonchev–Trinajstić information content (AvgIpc) is 2.43. The Bertz CT molecular complexity index is 546. The molecule has 114 valence electrons. The average molecular weight is 316 g/mol. The summed E-state index contributed by atoms with van der Waals surface area (Å²) < 4.78 is 23.0. The molecule has 1 amide bonds. The summed E-state index contributed by atoms with van der Waals surface area (Å²) in [6.45, 7) is -0.222. The van der Waals surface area contributed by atoms with E-state index >= 15 is 0 Å². The van der Waals surface area contributed by atoms with Gasteiger partial charge in [0.25, 0.3) is 5.91 Å². The zero-order valence-corrected chi connectivity index (χ0v) is 12.2. The molecule has 0 atom stereocenters. The van der Waals surface area contributed by atoms with Gasteiger partial charge in [-0.05, 0) is 25.0 Å². The maximum atomic E-state index is 13.2. The molecule has 21 heavy (non-hydrogen) atoms. The molecule has 1 saturated carbocycles. The molecule has 0 heterocycles. The van der Waals surface area contributed by atoms with Crippen molar-refractivity contribution in [3.63, 3.8) is 0 Å². The van der Waals surface area contributed by atoms with Gasteiger partial charge in [0, 0.05) is 12.1 Å². The van der Waals surface area contributed by atoms with Crippen molar-refractivity contribution in [2.75, 3.05) is 13.7 Å². The standard InChI is InChI=1S/C14H15ClFNO4/c1-20-14(19)8-4-9(5-8)17-13(18)7-21-10-2-3-11(15)12(16)6-10/h2-3,6,8-9H,4-5,7H2,1H3,(H,17,18). The van der Waals surface area contributed by atoms with Crippen LogP contribution < -0.4 is 10.1 Å². The van der Waals surface area contributed by atoms with E-state index in [1.807, 2.05) is 0 Å². The molecule has 0 aromatic heterocycles. The predicted molar refractivity (Wildman–Crippen MR) is 73.6 cm³/mol. The third-order valence-corrected chi connectivity index (χ3v) is 3.61. The molecule has 5 nitrogen and oxygen atoms in total. The zero-order valence-electron chi connectivity index (χ0n) is 11.4. The lowest BCUT2D eigenvalue weighted by atomic mass is 9.80.